The van der Waals surface area contributed by atoms with Gasteiger partial charge in [-0.25, -0.2) is 0 Å². The molecule has 0 radical (unpaired) electrons. The van der Waals surface area contributed by atoms with Gasteiger partial charge in [0.1, 0.15) is 0 Å². The van der Waals surface area contributed by atoms with Gasteiger partial charge in [0.05, 0.1) is 6.10 Å². The molecule has 0 aliphatic carbocycles. The molecule has 1 heterocycles. The summed E-state index contributed by atoms with van der Waals surface area (Å²) in [5.74, 6) is -0.164. The Labute approximate surface area is 147 Å². The number of benzene rings is 2. The minimum atomic E-state index is -0.164. The van der Waals surface area contributed by atoms with Crippen LogP contribution in [0.3, 0.4) is 0 Å². The first kappa shape index (κ1) is 16.8. The Morgan fingerprint density at radius 1 is 1.25 bits per heavy atom. The van der Waals surface area contributed by atoms with Crippen molar-refractivity contribution >= 4 is 28.9 Å². The molecule has 126 valence electrons. The molecule has 1 aliphatic rings. The van der Waals surface area contributed by atoms with Crippen molar-refractivity contribution in [2.45, 2.75) is 18.9 Å². The largest absolute Gasteiger partial charge is 0.380 e. The zero-order valence-corrected chi connectivity index (χ0v) is 14.4. The second kappa shape index (κ2) is 7.69. The number of carbonyl (C=O) groups excluding carboxylic acids is 1. The Bertz CT molecular complexity index is 703. The third-order valence-corrected chi connectivity index (χ3v) is 4.52. The number of hydrogen-bond donors (Lipinski definition) is 1. The van der Waals surface area contributed by atoms with Gasteiger partial charge in [-0.15, -0.1) is 0 Å². The second-order valence-corrected chi connectivity index (χ2v) is 6.39. The first-order valence-electron chi connectivity index (χ1n) is 8.10. The van der Waals surface area contributed by atoms with E-state index < -0.39 is 0 Å². The number of piperidine rings is 1. The van der Waals surface area contributed by atoms with Gasteiger partial charge in [-0.3, -0.25) is 4.79 Å². The quantitative estimate of drug-likeness (QED) is 0.903. The zero-order valence-electron chi connectivity index (χ0n) is 13.7. The summed E-state index contributed by atoms with van der Waals surface area (Å²) >= 11 is 5.93. The van der Waals surface area contributed by atoms with Gasteiger partial charge in [-0.05, 0) is 55.3 Å². The number of nitrogens with zero attached hydrogens (tertiary/aromatic N) is 1. The predicted molar refractivity (Wildman–Crippen MR) is 98.1 cm³/mol. The highest BCUT2D eigenvalue weighted by molar-refractivity contribution is 6.31. The maximum absolute atomic E-state index is 12.2. The molecule has 5 heteroatoms. The molecule has 24 heavy (non-hydrogen) atoms. The van der Waals surface area contributed by atoms with Crippen LogP contribution in [0.1, 0.15) is 23.2 Å². The number of ether oxygens (including phenoxy) is 1. The van der Waals surface area contributed by atoms with Crippen LogP contribution in [0, 0.1) is 0 Å². The van der Waals surface area contributed by atoms with Gasteiger partial charge in [-0.2, -0.15) is 0 Å². The molecule has 1 unspecified atom stereocenters. The average molecular weight is 345 g/mol. The summed E-state index contributed by atoms with van der Waals surface area (Å²) < 4.78 is 5.47. The molecule has 3 rings (SSSR count). The van der Waals surface area contributed by atoms with Crippen LogP contribution in [-0.4, -0.2) is 32.2 Å². The monoisotopic (exact) mass is 344 g/mol. The lowest BCUT2D eigenvalue weighted by Gasteiger charge is -2.33. The highest BCUT2D eigenvalue weighted by Crippen LogP contribution is 2.23. The van der Waals surface area contributed by atoms with Crippen LogP contribution in [-0.2, 0) is 4.74 Å². The molecule has 1 N–H and O–H groups in total. The Morgan fingerprint density at radius 3 is 2.75 bits per heavy atom. The molecule has 1 fully saturated rings. The molecular formula is C19H21ClN2O2. The van der Waals surface area contributed by atoms with E-state index in [2.05, 4.69) is 10.2 Å². The molecular weight excluding hydrogens is 324 g/mol. The van der Waals surface area contributed by atoms with Crippen LogP contribution in [0.4, 0.5) is 11.4 Å². The van der Waals surface area contributed by atoms with Gasteiger partial charge in [0, 0.05) is 42.2 Å². The number of hydrogen-bond acceptors (Lipinski definition) is 3. The standard InChI is InChI=1S/C19H21ClN2O2/c1-24-18-6-3-11-22(13-18)17-9-7-16(8-10-17)21-19(23)14-4-2-5-15(20)12-14/h2,4-5,7-10,12,18H,3,6,11,13H2,1H3,(H,21,23). The van der Waals surface area contributed by atoms with Crippen molar-refractivity contribution in [3.8, 4) is 0 Å². The van der Waals surface area contributed by atoms with Gasteiger partial charge in [0.25, 0.3) is 5.91 Å². The summed E-state index contributed by atoms with van der Waals surface area (Å²) in [5.41, 5.74) is 2.46. The number of nitrogens with one attached hydrogen (secondary N) is 1. The Hall–Kier alpha value is -2.04. The van der Waals surface area contributed by atoms with Crippen LogP contribution in [0.5, 0.6) is 0 Å². The molecule has 0 aromatic heterocycles. The van der Waals surface area contributed by atoms with E-state index in [0.29, 0.717) is 16.7 Å². The first-order chi connectivity index (χ1) is 11.7. The van der Waals surface area contributed by atoms with Crippen molar-refractivity contribution in [1.82, 2.24) is 0 Å². The lowest BCUT2D eigenvalue weighted by Crippen LogP contribution is -2.39. The predicted octanol–water partition coefficient (Wildman–Crippen LogP) is 4.21. The van der Waals surface area contributed by atoms with Gasteiger partial charge >= 0.3 is 0 Å². The minimum Gasteiger partial charge on any atom is -0.380 e. The fourth-order valence-corrected chi connectivity index (χ4v) is 3.14. The number of methoxy groups -OCH3 is 1. The summed E-state index contributed by atoms with van der Waals surface area (Å²) in [6.07, 6.45) is 2.54. The molecule has 1 atom stereocenters. The van der Waals surface area contributed by atoms with Crippen LogP contribution in [0.2, 0.25) is 5.02 Å². The van der Waals surface area contributed by atoms with E-state index in [9.17, 15) is 4.79 Å². The maximum atomic E-state index is 12.2. The Balaban J connectivity index is 1.65. The summed E-state index contributed by atoms with van der Waals surface area (Å²) in [5, 5.41) is 3.45. The van der Waals surface area contributed by atoms with Gasteiger partial charge < -0.3 is 15.0 Å². The lowest BCUT2D eigenvalue weighted by molar-refractivity contribution is 0.0893. The average Bonchev–Trinajstić information content (AvgIpc) is 2.62. The molecule has 1 saturated heterocycles. The Morgan fingerprint density at radius 2 is 2.04 bits per heavy atom. The smallest absolute Gasteiger partial charge is 0.255 e. The topological polar surface area (TPSA) is 41.6 Å². The van der Waals surface area contributed by atoms with Crippen LogP contribution in [0.15, 0.2) is 48.5 Å². The molecule has 2 aromatic rings. The van der Waals surface area contributed by atoms with Crippen LogP contribution < -0.4 is 10.2 Å². The van der Waals surface area contributed by atoms with Crippen molar-refractivity contribution in [3.63, 3.8) is 0 Å². The van der Waals surface area contributed by atoms with Crippen molar-refractivity contribution < 1.29 is 9.53 Å². The number of amides is 1. The maximum Gasteiger partial charge on any atom is 0.255 e. The molecule has 1 amide bonds. The third kappa shape index (κ3) is 4.08. The first-order valence-corrected chi connectivity index (χ1v) is 8.48. The van der Waals surface area contributed by atoms with E-state index in [1.807, 2.05) is 24.3 Å². The van der Waals surface area contributed by atoms with Gasteiger partial charge in [0.15, 0.2) is 0 Å². The molecule has 0 saturated carbocycles. The van der Waals surface area contributed by atoms with Crippen molar-refractivity contribution in [2.24, 2.45) is 0 Å². The number of rotatable bonds is 4. The van der Waals surface area contributed by atoms with E-state index in [1.165, 1.54) is 0 Å². The summed E-state index contributed by atoms with van der Waals surface area (Å²) in [4.78, 5) is 14.6. The lowest BCUT2D eigenvalue weighted by atomic mass is 10.1. The molecule has 4 nitrogen and oxygen atoms in total. The zero-order chi connectivity index (χ0) is 16.9. The van der Waals surface area contributed by atoms with E-state index >= 15 is 0 Å². The van der Waals surface area contributed by atoms with Crippen LogP contribution >= 0.6 is 11.6 Å². The third-order valence-electron chi connectivity index (χ3n) is 4.29. The number of carbonyl (C=O) groups is 1. The summed E-state index contributed by atoms with van der Waals surface area (Å²) in [7, 11) is 1.77. The van der Waals surface area contributed by atoms with Gasteiger partial charge in [-0.1, -0.05) is 17.7 Å². The number of anilines is 2. The fourth-order valence-electron chi connectivity index (χ4n) is 2.95. The second-order valence-electron chi connectivity index (χ2n) is 5.96. The highest BCUT2D eigenvalue weighted by Gasteiger charge is 2.19. The molecule has 0 spiro atoms. The van der Waals surface area contributed by atoms with Crippen molar-refractivity contribution in [3.05, 3.63) is 59.1 Å². The Kier molecular flexibility index (Phi) is 5.38. The molecule has 1 aliphatic heterocycles. The van der Waals surface area contributed by atoms with E-state index in [1.54, 1.807) is 31.4 Å². The van der Waals surface area contributed by atoms with Crippen molar-refractivity contribution in [2.75, 3.05) is 30.4 Å². The van der Waals surface area contributed by atoms with Gasteiger partial charge in [0.2, 0.25) is 0 Å². The minimum absolute atomic E-state index is 0.164. The fraction of sp³-hybridized carbons (Fsp3) is 0.316. The van der Waals surface area contributed by atoms with E-state index in [-0.39, 0.29) is 5.91 Å². The molecule has 0 bridgehead atoms. The highest BCUT2D eigenvalue weighted by atomic mass is 35.5. The van der Waals surface area contributed by atoms with E-state index in [0.717, 1.165) is 37.3 Å². The summed E-state index contributed by atoms with van der Waals surface area (Å²) in [6, 6.07) is 14.8. The summed E-state index contributed by atoms with van der Waals surface area (Å²) in [6.45, 7) is 1.94. The normalized spacial score (nSPS) is 17.6. The number of halogens is 1. The molecule has 2 aromatic carbocycles. The SMILES string of the molecule is COC1CCCN(c2ccc(NC(=O)c3cccc(Cl)c3)cc2)C1. The van der Waals surface area contributed by atoms with Crippen molar-refractivity contribution in [1.29, 1.82) is 0 Å². The van der Waals surface area contributed by atoms with Crippen LogP contribution in [0.25, 0.3) is 0 Å². The van der Waals surface area contributed by atoms with E-state index in [4.69, 9.17) is 16.3 Å².